The molecule has 0 spiro atoms. The molecule has 0 bridgehead atoms. The second kappa shape index (κ2) is 7.98. The number of thiazole rings is 1. The Morgan fingerprint density at radius 2 is 2.14 bits per heavy atom. The maximum atomic E-state index is 12.5. The van der Waals surface area contributed by atoms with Gasteiger partial charge >= 0.3 is 29.6 Å². The molecule has 1 aromatic heterocycles. The Bertz CT molecular complexity index is 988. The van der Waals surface area contributed by atoms with Crippen molar-refractivity contribution in [2.75, 3.05) is 0 Å². The van der Waals surface area contributed by atoms with Crippen LogP contribution in [-0.4, -0.2) is 44.3 Å². The van der Waals surface area contributed by atoms with Gasteiger partial charge in [0.1, 0.15) is 0 Å². The number of benzene rings is 1. The molecule has 1 amide bonds. The van der Waals surface area contributed by atoms with Crippen molar-refractivity contribution >= 4 is 45.2 Å². The number of aliphatic carboxylic acids is 1. The van der Waals surface area contributed by atoms with E-state index in [0.29, 0.717) is 0 Å². The van der Waals surface area contributed by atoms with Crippen LogP contribution in [-0.2, 0) is 9.59 Å². The van der Waals surface area contributed by atoms with Crippen molar-refractivity contribution in [2.45, 2.75) is 47.9 Å². The van der Waals surface area contributed by atoms with Crippen molar-refractivity contribution in [3.63, 3.8) is 0 Å². The fourth-order valence-corrected chi connectivity index (χ4v) is 7.57. The number of hydrogen-bond donors (Lipinski definition) is 1. The normalized spacial score (nSPS) is 29.2. The number of fused-ring (bicyclic) bond motifs is 4. The topological polar surface area (TPSA) is 93.6 Å². The number of aliphatic hydroxyl groups excluding tert-OH is 1. The SMILES string of the molecule is CC(O)C1C(=O)N2C(C(=O)[O-])=C3C(Sc4nc5ccccc5s4)CCCC3C12.[Na+]. The molecule has 1 aromatic carbocycles. The minimum atomic E-state index is -1.29. The van der Waals surface area contributed by atoms with Crippen LogP contribution in [0.2, 0.25) is 0 Å². The summed E-state index contributed by atoms with van der Waals surface area (Å²) in [5.41, 5.74) is 1.78. The molecule has 9 heteroatoms. The Kier molecular flexibility index (Phi) is 5.87. The summed E-state index contributed by atoms with van der Waals surface area (Å²) >= 11 is 3.19. The van der Waals surface area contributed by atoms with Crippen LogP contribution in [0.5, 0.6) is 0 Å². The van der Waals surface area contributed by atoms with Crippen LogP contribution in [0.15, 0.2) is 39.9 Å². The van der Waals surface area contributed by atoms with Crippen LogP contribution in [0.3, 0.4) is 0 Å². The summed E-state index contributed by atoms with van der Waals surface area (Å²) in [6.07, 6.45) is 1.86. The van der Waals surface area contributed by atoms with E-state index in [9.17, 15) is 19.8 Å². The van der Waals surface area contributed by atoms with Crippen molar-refractivity contribution in [1.82, 2.24) is 9.88 Å². The van der Waals surface area contributed by atoms with E-state index in [-0.39, 0.29) is 58.4 Å². The number of carbonyl (C=O) groups excluding carboxylic acids is 2. The van der Waals surface area contributed by atoms with Crippen molar-refractivity contribution < 1.29 is 49.4 Å². The number of carboxylic acid groups (broad SMARTS) is 1. The van der Waals surface area contributed by atoms with Crippen molar-refractivity contribution in [1.29, 1.82) is 0 Å². The first-order valence-corrected chi connectivity index (χ1v) is 11.2. The first-order valence-electron chi connectivity index (χ1n) is 9.46. The summed E-state index contributed by atoms with van der Waals surface area (Å²) in [4.78, 5) is 30.6. The molecule has 3 aliphatic rings. The van der Waals surface area contributed by atoms with Gasteiger partial charge in [-0.05, 0) is 37.5 Å². The third-order valence-corrected chi connectivity index (χ3v) is 8.51. The van der Waals surface area contributed by atoms with Gasteiger partial charge in [0, 0.05) is 11.2 Å². The number of β-lactam (4-membered cyclic amide) rings is 1. The van der Waals surface area contributed by atoms with E-state index in [4.69, 9.17) is 0 Å². The molecule has 5 unspecified atom stereocenters. The van der Waals surface area contributed by atoms with Gasteiger partial charge in [0.25, 0.3) is 0 Å². The molecule has 5 rings (SSSR count). The van der Waals surface area contributed by atoms with Gasteiger partial charge in [0.05, 0.1) is 39.9 Å². The zero-order valence-corrected chi connectivity index (χ0v) is 19.8. The predicted molar refractivity (Wildman–Crippen MR) is 104 cm³/mol. The van der Waals surface area contributed by atoms with E-state index >= 15 is 0 Å². The second-order valence-electron chi connectivity index (χ2n) is 7.65. The average molecular weight is 439 g/mol. The van der Waals surface area contributed by atoms with Crippen LogP contribution in [0.4, 0.5) is 0 Å². The third kappa shape index (κ3) is 3.28. The van der Waals surface area contributed by atoms with E-state index < -0.39 is 18.0 Å². The molecule has 29 heavy (non-hydrogen) atoms. The molecular formula is C20H19N2NaO4S2. The Morgan fingerprint density at radius 1 is 1.38 bits per heavy atom. The number of amides is 1. The van der Waals surface area contributed by atoms with Gasteiger partial charge < -0.3 is 19.9 Å². The summed E-state index contributed by atoms with van der Waals surface area (Å²) in [7, 11) is 0. The van der Waals surface area contributed by atoms with E-state index in [1.54, 1.807) is 30.0 Å². The quantitative estimate of drug-likeness (QED) is 0.476. The molecule has 1 N–H and O–H groups in total. The molecule has 0 radical (unpaired) electrons. The predicted octanol–water partition coefficient (Wildman–Crippen LogP) is -1.21. The fraction of sp³-hybridized carbons (Fsp3) is 0.450. The van der Waals surface area contributed by atoms with E-state index in [1.165, 1.54) is 4.90 Å². The van der Waals surface area contributed by atoms with Gasteiger partial charge in [0.2, 0.25) is 5.91 Å². The Hall–Kier alpha value is -0.900. The maximum Gasteiger partial charge on any atom is 1.00 e. The first-order chi connectivity index (χ1) is 13.5. The molecule has 1 aliphatic carbocycles. The molecule has 2 aliphatic heterocycles. The number of aliphatic hydroxyl groups is 1. The summed E-state index contributed by atoms with van der Waals surface area (Å²) in [5, 5.41) is 22.0. The number of carbonyl (C=O) groups is 2. The van der Waals surface area contributed by atoms with Gasteiger partial charge in [-0.3, -0.25) is 4.79 Å². The van der Waals surface area contributed by atoms with Gasteiger partial charge in [-0.2, -0.15) is 0 Å². The Morgan fingerprint density at radius 3 is 2.83 bits per heavy atom. The molecule has 2 fully saturated rings. The van der Waals surface area contributed by atoms with E-state index in [2.05, 4.69) is 4.98 Å². The zero-order chi connectivity index (χ0) is 19.6. The monoisotopic (exact) mass is 438 g/mol. The largest absolute Gasteiger partial charge is 1.00 e. The zero-order valence-electron chi connectivity index (χ0n) is 16.2. The summed E-state index contributed by atoms with van der Waals surface area (Å²) < 4.78 is 2.01. The minimum absolute atomic E-state index is 0. The third-order valence-electron chi connectivity index (χ3n) is 6.07. The number of para-hydroxylation sites is 1. The van der Waals surface area contributed by atoms with Gasteiger partial charge in [0.15, 0.2) is 4.34 Å². The summed E-state index contributed by atoms with van der Waals surface area (Å²) in [6, 6.07) is 7.67. The van der Waals surface area contributed by atoms with Crippen LogP contribution in [0.25, 0.3) is 10.2 Å². The van der Waals surface area contributed by atoms with E-state index in [0.717, 1.165) is 39.4 Å². The molecule has 5 atom stereocenters. The smallest absolute Gasteiger partial charge is 0.543 e. The van der Waals surface area contributed by atoms with Crippen molar-refractivity contribution in [3.8, 4) is 0 Å². The van der Waals surface area contributed by atoms with Gasteiger partial charge in [-0.25, -0.2) is 4.98 Å². The van der Waals surface area contributed by atoms with Crippen LogP contribution in [0, 0.1) is 11.8 Å². The summed E-state index contributed by atoms with van der Waals surface area (Å²) in [6.45, 7) is 1.60. The van der Waals surface area contributed by atoms with Crippen LogP contribution < -0.4 is 34.7 Å². The first kappa shape index (κ1) is 21.3. The van der Waals surface area contributed by atoms with Crippen molar-refractivity contribution in [3.05, 3.63) is 35.5 Å². The maximum absolute atomic E-state index is 12.5. The van der Waals surface area contributed by atoms with Gasteiger partial charge in [-0.15, -0.1) is 11.3 Å². The number of carboxylic acids is 1. The van der Waals surface area contributed by atoms with Crippen LogP contribution >= 0.6 is 23.1 Å². The number of nitrogens with zero attached hydrogens (tertiary/aromatic N) is 2. The fourth-order valence-electron chi connectivity index (χ4n) is 4.97. The number of aromatic nitrogens is 1. The minimum Gasteiger partial charge on any atom is -0.543 e. The molecule has 3 heterocycles. The standard InChI is InChI=1S/C20H20N2O4S2.Na/c1-9(23)14-16-10-5-4-8-13(15(10)17(19(25)26)22(16)18(14)24)28-20-21-11-6-2-3-7-12(11)27-20;/h2-3,6-7,9-10,13-14,16,23H,4-5,8H2,1H3,(H,25,26);/q;+1/p-1. The molecule has 1 saturated carbocycles. The molecule has 1 saturated heterocycles. The average Bonchev–Trinajstić information content (AvgIpc) is 3.18. The summed E-state index contributed by atoms with van der Waals surface area (Å²) in [5.74, 6) is -2.14. The van der Waals surface area contributed by atoms with Crippen molar-refractivity contribution in [2.24, 2.45) is 11.8 Å². The molecule has 2 aromatic rings. The van der Waals surface area contributed by atoms with Crippen LogP contribution in [0.1, 0.15) is 26.2 Å². The van der Waals surface area contributed by atoms with E-state index in [1.807, 2.05) is 24.3 Å². The molecule has 6 nitrogen and oxygen atoms in total. The molecular weight excluding hydrogens is 419 g/mol. The Balaban J connectivity index is 0.00000205. The number of hydrogen-bond acceptors (Lipinski definition) is 7. The second-order valence-corrected chi connectivity index (χ2v) is 10.1. The molecule has 146 valence electrons. The van der Waals surface area contributed by atoms with Gasteiger partial charge in [-0.1, -0.05) is 30.3 Å². The number of thioether (sulfide) groups is 1. The number of rotatable bonds is 4. The Labute approximate surface area is 198 Å².